The summed E-state index contributed by atoms with van der Waals surface area (Å²) < 4.78 is 0. The summed E-state index contributed by atoms with van der Waals surface area (Å²) in [4.78, 5) is 38.7. The normalized spacial score (nSPS) is 20.6. The van der Waals surface area contributed by atoms with E-state index in [0.29, 0.717) is 19.5 Å². The molecule has 0 radical (unpaired) electrons. The Hall–Kier alpha value is -2.57. The number of carbonyl (C=O) groups excluding carboxylic acids is 3. The fourth-order valence-corrected chi connectivity index (χ4v) is 3.79. The topological polar surface area (TPSA) is 90.5 Å². The Bertz CT molecular complexity index is 658. The zero-order valence-corrected chi connectivity index (χ0v) is 15.6. The summed E-state index contributed by atoms with van der Waals surface area (Å²) in [5.41, 5.74) is 5.87. The summed E-state index contributed by atoms with van der Waals surface area (Å²) >= 11 is 0. The Kier molecular flexibility index (Phi) is 6.68. The molecule has 7 nitrogen and oxygen atoms in total. The van der Waals surface area contributed by atoms with Gasteiger partial charge in [0.2, 0.25) is 11.8 Å². The van der Waals surface area contributed by atoms with E-state index in [-0.39, 0.29) is 29.7 Å². The van der Waals surface area contributed by atoms with E-state index in [0.717, 1.165) is 37.8 Å². The molecule has 0 spiro atoms. The first-order chi connectivity index (χ1) is 13.1. The van der Waals surface area contributed by atoms with Gasteiger partial charge < -0.3 is 10.2 Å². The van der Waals surface area contributed by atoms with Gasteiger partial charge in [0.15, 0.2) is 0 Å². The highest BCUT2D eigenvalue weighted by atomic mass is 16.2. The lowest BCUT2D eigenvalue weighted by atomic mass is 9.89. The third kappa shape index (κ3) is 5.45. The Labute approximate surface area is 159 Å². The molecule has 7 heteroatoms. The van der Waals surface area contributed by atoms with Crippen LogP contribution in [0.2, 0.25) is 0 Å². The second-order valence-corrected chi connectivity index (χ2v) is 7.39. The highest BCUT2D eigenvalue weighted by Gasteiger charge is 2.29. The molecule has 146 valence electrons. The van der Waals surface area contributed by atoms with Crippen LogP contribution >= 0.6 is 0 Å². The van der Waals surface area contributed by atoms with Crippen molar-refractivity contribution in [3.8, 4) is 0 Å². The average molecular weight is 372 g/mol. The van der Waals surface area contributed by atoms with Crippen molar-refractivity contribution in [2.75, 3.05) is 18.4 Å². The van der Waals surface area contributed by atoms with Crippen LogP contribution < -0.4 is 16.2 Å². The first-order valence-corrected chi connectivity index (χ1v) is 9.84. The van der Waals surface area contributed by atoms with E-state index < -0.39 is 0 Å². The molecule has 0 bridgehead atoms. The highest BCUT2D eigenvalue weighted by molar-refractivity contribution is 5.90. The molecule has 1 aromatic rings. The van der Waals surface area contributed by atoms with Crippen molar-refractivity contribution in [3.63, 3.8) is 0 Å². The van der Waals surface area contributed by atoms with E-state index >= 15 is 0 Å². The van der Waals surface area contributed by atoms with Crippen LogP contribution in [0.25, 0.3) is 0 Å². The average Bonchev–Trinajstić information content (AvgIpc) is 2.73. The van der Waals surface area contributed by atoms with Crippen molar-refractivity contribution >= 4 is 23.5 Å². The molecule has 27 heavy (non-hydrogen) atoms. The fourth-order valence-electron chi connectivity index (χ4n) is 3.79. The molecule has 1 aliphatic heterocycles. The standard InChI is InChI=1S/C20H28N4O3/c25-18(15-8-3-1-4-9-15)22-23-19(26)16-10-7-13-24(14-16)20(27)21-17-11-5-2-6-12-17/h2,5-6,11-12,15-16H,1,3-4,7-10,13-14H2,(H,21,27)(H,22,25)(H,23,26)/t16-/m0/s1. The monoisotopic (exact) mass is 372 g/mol. The lowest BCUT2D eigenvalue weighted by Crippen LogP contribution is -2.51. The number of rotatable bonds is 3. The number of hydrazine groups is 1. The van der Waals surface area contributed by atoms with Crippen molar-refractivity contribution in [2.24, 2.45) is 11.8 Å². The molecule has 1 saturated carbocycles. The molecule has 4 amide bonds. The first kappa shape index (κ1) is 19.2. The van der Waals surface area contributed by atoms with Crippen LogP contribution in [-0.4, -0.2) is 35.8 Å². The number of nitrogens with zero attached hydrogens (tertiary/aromatic N) is 1. The third-order valence-corrected chi connectivity index (χ3v) is 5.39. The molecule has 1 aromatic carbocycles. The van der Waals surface area contributed by atoms with Gasteiger partial charge in [-0.25, -0.2) is 4.79 Å². The van der Waals surface area contributed by atoms with Crippen LogP contribution in [0.4, 0.5) is 10.5 Å². The number of amides is 4. The van der Waals surface area contributed by atoms with Crippen molar-refractivity contribution in [1.29, 1.82) is 0 Å². The summed E-state index contributed by atoms with van der Waals surface area (Å²) in [5.74, 6) is -0.639. The Morgan fingerprint density at radius 3 is 2.15 bits per heavy atom. The maximum Gasteiger partial charge on any atom is 0.321 e. The molecule has 1 heterocycles. The number of piperidine rings is 1. The summed E-state index contributed by atoms with van der Waals surface area (Å²) in [6.45, 7) is 0.973. The third-order valence-electron chi connectivity index (χ3n) is 5.39. The van der Waals surface area contributed by atoms with E-state index in [9.17, 15) is 14.4 Å². The number of likely N-dealkylation sites (tertiary alicyclic amines) is 1. The second kappa shape index (κ2) is 9.39. The largest absolute Gasteiger partial charge is 0.324 e. The van der Waals surface area contributed by atoms with Gasteiger partial charge in [-0.15, -0.1) is 0 Å². The lowest BCUT2D eigenvalue weighted by molar-refractivity contribution is -0.134. The molecule has 3 rings (SSSR count). The first-order valence-electron chi connectivity index (χ1n) is 9.84. The van der Waals surface area contributed by atoms with Gasteiger partial charge in [-0.05, 0) is 37.8 Å². The Morgan fingerprint density at radius 2 is 1.44 bits per heavy atom. The minimum absolute atomic E-state index is 0.00134. The van der Waals surface area contributed by atoms with Crippen LogP contribution in [0.15, 0.2) is 30.3 Å². The number of urea groups is 1. The molecule has 1 aliphatic carbocycles. The number of nitrogens with one attached hydrogen (secondary N) is 3. The molecule has 1 atom stereocenters. The van der Waals surface area contributed by atoms with Gasteiger partial charge in [0.25, 0.3) is 0 Å². The summed E-state index contributed by atoms with van der Waals surface area (Å²) in [5, 5.41) is 2.85. The molecular weight excluding hydrogens is 344 g/mol. The highest BCUT2D eigenvalue weighted by Crippen LogP contribution is 2.23. The summed E-state index contributed by atoms with van der Waals surface area (Å²) in [7, 11) is 0. The maximum atomic E-state index is 12.4. The SMILES string of the molecule is O=C(NNC(=O)[C@H]1CCCN(C(=O)Nc2ccccc2)C1)C1CCCCC1. The number of benzene rings is 1. The smallest absolute Gasteiger partial charge is 0.321 e. The van der Waals surface area contributed by atoms with Gasteiger partial charge in [-0.2, -0.15) is 0 Å². The molecular formula is C20H28N4O3. The van der Waals surface area contributed by atoms with E-state index in [4.69, 9.17) is 0 Å². The quantitative estimate of drug-likeness (QED) is 0.713. The minimum atomic E-state index is -0.313. The molecule has 0 unspecified atom stereocenters. The van der Waals surface area contributed by atoms with E-state index in [2.05, 4.69) is 16.2 Å². The summed E-state index contributed by atoms with van der Waals surface area (Å²) in [6.07, 6.45) is 6.56. The van der Waals surface area contributed by atoms with Crippen LogP contribution in [-0.2, 0) is 9.59 Å². The minimum Gasteiger partial charge on any atom is -0.324 e. The molecule has 2 aliphatic rings. The zero-order valence-electron chi connectivity index (χ0n) is 15.6. The van der Waals surface area contributed by atoms with Crippen LogP contribution in [0.1, 0.15) is 44.9 Å². The van der Waals surface area contributed by atoms with Crippen molar-refractivity contribution in [1.82, 2.24) is 15.8 Å². The van der Waals surface area contributed by atoms with E-state index in [1.165, 1.54) is 6.42 Å². The zero-order chi connectivity index (χ0) is 19.1. The number of carbonyl (C=O) groups is 3. The van der Waals surface area contributed by atoms with Crippen LogP contribution in [0, 0.1) is 11.8 Å². The molecule has 1 saturated heterocycles. The second-order valence-electron chi connectivity index (χ2n) is 7.39. The Morgan fingerprint density at radius 1 is 0.815 bits per heavy atom. The predicted octanol–water partition coefficient (Wildman–Crippen LogP) is 2.66. The summed E-state index contributed by atoms with van der Waals surface area (Å²) in [6, 6.07) is 9.05. The van der Waals surface area contributed by atoms with E-state index in [1.54, 1.807) is 4.90 Å². The number of hydrogen-bond donors (Lipinski definition) is 3. The van der Waals surface area contributed by atoms with Gasteiger partial charge in [0, 0.05) is 24.7 Å². The maximum absolute atomic E-state index is 12.4. The number of anilines is 1. The van der Waals surface area contributed by atoms with Gasteiger partial charge >= 0.3 is 6.03 Å². The molecule has 0 aromatic heterocycles. The Balaban J connectivity index is 1.46. The van der Waals surface area contributed by atoms with Gasteiger partial charge in [0.05, 0.1) is 5.92 Å². The molecule has 2 fully saturated rings. The predicted molar refractivity (Wildman–Crippen MR) is 103 cm³/mol. The fraction of sp³-hybridized carbons (Fsp3) is 0.550. The number of para-hydroxylation sites is 1. The number of hydrogen-bond acceptors (Lipinski definition) is 3. The van der Waals surface area contributed by atoms with Crippen molar-refractivity contribution in [2.45, 2.75) is 44.9 Å². The van der Waals surface area contributed by atoms with Crippen LogP contribution in [0.5, 0.6) is 0 Å². The van der Waals surface area contributed by atoms with E-state index in [1.807, 2.05) is 30.3 Å². The van der Waals surface area contributed by atoms with Crippen molar-refractivity contribution in [3.05, 3.63) is 30.3 Å². The van der Waals surface area contributed by atoms with Gasteiger partial charge in [-0.1, -0.05) is 37.5 Å². The molecule has 3 N–H and O–H groups in total. The van der Waals surface area contributed by atoms with Crippen molar-refractivity contribution < 1.29 is 14.4 Å². The lowest BCUT2D eigenvalue weighted by Gasteiger charge is -2.32. The van der Waals surface area contributed by atoms with Gasteiger partial charge in [-0.3, -0.25) is 20.4 Å². The van der Waals surface area contributed by atoms with Crippen LogP contribution in [0.3, 0.4) is 0 Å². The van der Waals surface area contributed by atoms with Gasteiger partial charge in [0.1, 0.15) is 0 Å².